The van der Waals surface area contributed by atoms with Crippen LogP contribution in [0.3, 0.4) is 0 Å². The third-order valence-electron chi connectivity index (χ3n) is 4.77. The Labute approximate surface area is 122 Å². The van der Waals surface area contributed by atoms with E-state index in [1.54, 1.807) is 25.3 Å². The highest BCUT2D eigenvalue weighted by molar-refractivity contribution is 5.82. The molecular weight excluding hydrogens is 268 g/mol. The monoisotopic (exact) mass is 286 g/mol. The number of rotatable bonds is 2. The average Bonchev–Trinajstić information content (AvgIpc) is 3.12. The zero-order valence-corrected chi connectivity index (χ0v) is 12.0. The molecule has 1 amide bonds. The highest BCUT2D eigenvalue weighted by atomic mass is 16.3. The average molecular weight is 286 g/mol. The number of benzene rings is 1. The predicted octanol–water partition coefficient (Wildman–Crippen LogP) is 1.94. The van der Waals surface area contributed by atoms with E-state index in [2.05, 4.69) is 4.90 Å². The summed E-state index contributed by atoms with van der Waals surface area (Å²) < 4.78 is 5.53. The van der Waals surface area contributed by atoms with E-state index in [0.29, 0.717) is 12.1 Å². The minimum atomic E-state index is 0.186. The van der Waals surface area contributed by atoms with Crippen LogP contribution in [0.2, 0.25) is 0 Å². The lowest BCUT2D eigenvalue weighted by molar-refractivity contribution is -0.131. The summed E-state index contributed by atoms with van der Waals surface area (Å²) in [6.07, 6.45) is 2.86. The van der Waals surface area contributed by atoms with Gasteiger partial charge in [0.2, 0.25) is 5.91 Å². The highest BCUT2D eigenvalue weighted by Gasteiger charge is 2.44. The van der Waals surface area contributed by atoms with Crippen LogP contribution < -0.4 is 0 Å². The molecule has 2 aromatic rings. The van der Waals surface area contributed by atoms with Gasteiger partial charge in [0.05, 0.1) is 6.26 Å². The fourth-order valence-corrected chi connectivity index (χ4v) is 3.74. The van der Waals surface area contributed by atoms with Crippen molar-refractivity contribution < 1.29 is 14.3 Å². The molecule has 2 unspecified atom stereocenters. The third-order valence-corrected chi connectivity index (χ3v) is 4.77. The van der Waals surface area contributed by atoms with E-state index in [0.717, 1.165) is 42.6 Å². The minimum Gasteiger partial charge on any atom is -0.508 e. The lowest BCUT2D eigenvalue weighted by atomic mass is 10.1. The molecule has 1 N–H and O–H groups in total. The standard InChI is InChI=1S/C16H18N2O3/c1-10(19)18-8-12-4-13(18)7-17(12)6-11-9-21-16-5-14(20)2-3-15(11)16/h2-3,5,9,12-13,20H,4,6-8H2,1H3. The molecule has 3 heterocycles. The van der Waals surface area contributed by atoms with E-state index in [4.69, 9.17) is 4.42 Å². The summed E-state index contributed by atoms with van der Waals surface area (Å²) in [7, 11) is 0. The molecule has 2 aliphatic rings. The Kier molecular flexibility index (Phi) is 2.72. The van der Waals surface area contributed by atoms with Crippen LogP contribution in [-0.2, 0) is 11.3 Å². The van der Waals surface area contributed by atoms with Gasteiger partial charge in [0.1, 0.15) is 11.3 Å². The molecule has 2 atom stereocenters. The van der Waals surface area contributed by atoms with Crippen LogP contribution in [0.1, 0.15) is 18.9 Å². The summed E-state index contributed by atoms with van der Waals surface area (Å²) in [5, 5.41) is 10.5. The fourth-order valence-electron chi connectivity index (χ4n) is 3.74. The molecule has 2 fully saturated rings. The number of fused-ring (bicyclic) bond motifs is 3. The van der Waals surface area contributed by atoms with E-state index in [9.17, 15) is 9.90 Å². The van der Waals surface area contributed by atoms with Crippen molar-refractivity contribution in [3.63, 3.8) is 0 Å². The molecule has 21 heavy (non-hydrogen) atoms. The number of likely N-dealkylation sites (tertiary alicyclic amines) is 2. The minimum absolute atomic E-state index is 0.186. The number of phenols is 1. The van der Waals surface area contributed by atoms with Gasteiger partial charge in [-0.25, -0.2) is 0 Å². The number of amides is 1. The second kappa shape index (κ2) is 4.49. The molecule has 110 valence electrons. The Hall–Kier alpha value is -2.01. The summed E-state index contributed by atoms with van der Waals surface area (Å²) in [5.41, 5.74) is 1.87. The van der Waals surface area contributed by atoms with Crippen molar-refractivity contribution in [2.45, 2.75) is 32.0 Å². The summed E-state index contributed by atoms with van der Waals surface area (Å²) in [5.74, 6) is 0.409. The first-order valence-electron chi connectivity index (χ1n) is 7.32. The van der Waals surface area contributed by atoms with Gasteiger partial charge in [0.25, 0.3) is 0 Å². The first kappa shape index (κ1) is 12.7. The third kappa shape index (κ3) is 2.00. The van der Waals surface area contributed by atoms with Crippen LogP contribution in [0.5, 0.6) is 5.75 Å². The number of phenolic OH excluding ortho intramolecular Hbond substituents is 1. The van der Waals surface area contributed by atoms with E-state index in [1.165, 1.54) is 0 Å². The Balaban J connectivity index is 1.54. The maximum absolute atomic E-state index is 11.5. The molecule has 2 saturated heterocycles. The molecule has 5 heteroatoms. The molecule has 0 saturated carbocycles. The number of carbonyl (C=O) groups is 1. The summed E-state index contributed by atoms with van der Waals surface area (Å²) in [6, 6.07) is 6.07. The van der Waals surface area contributed by atoms with Crippen LogP contribution in [-0.4, -0.2) is 46.0 Å². The van der Waals surface area contributed by atoms with Gasteiger partial charge in [-0.1, -0.05) is 0 Å². The second-order valence-corrected chi connectivity index (χ2v) is 6.09. The first-order chi connectivity index (χ1) is 10.1. The number of aromatic hydroxyl groups is 1. The van der Waals surface area contributed by atoms with Crippen molar-refractivity contribution in [3.05, 3.63) is 30.0 Å². The van der Waals surface area contributed by atoms with Crippen molar-refractivity contribution in [1.29, 1.82) is 0 Å². The van der Waals surface area contributed by atoms with Crippen LogP contribution in [0.15, 0.2) is 28.9 Å². The maximum Gasteiger partial charge on any atom is 0.219 e. The number of piperazine rings is 1. The van der Waals surface area contributed by atoms with Crippen LogP contribution in [0.4, 0.5) is 0 Å². The van der Waals surface area contributed by atoms with Crippen molar-refractivity contribution in [1.82, 2.24) is 9.80 Å². The number of hydrogen-bond donors (Lipinski definition) is 1. The molecule has 0 radical (unpaired) electrons. The highest BCUT2D eigenvalue weighted by Crippen LogP contribution is 2.33. The first-order valence-corrected chi connectivity index (χ1v) is 7.32. The van der Waals surface area contributed by atoms with Gasteiger partial charge in [-0.2, -0.15) is 0 Å². The number of furan rings is 1. The number of hydrogen-bond acceptors (Lipinski definition) is 4. The second-order valence-electron chi connectivity index (χ2n) is 6.09. The lowest BCUT2D eigenvalue weighted by Gasteiger charge is -2.33. The molecule has 0 spiro atoms. The molecule has 1 aromatic heterocycles. The predicted molar refractivity (Wildman–Crippen MR) is 77.9 cm³/mol. The van der Waals surface area contributed by atoms with Gasteiger partial charge in [-0.15, -0.1) is 0 Å². The van der Waals surface area contributed by atoms with Gasteiger partial charge in [0, 0.05) is 55.7 Å². The van der Waals surface area contributed by atoms with Crippen LogP contribution >= 0.6 is 0 Å². The Bertz CT molecular complexity index is 709. The Morgan fingerprint density at radius 3 is 2.95 bits per heavy atom. The molecule has 1 aromatic carbocycles. The Morgan fingerprint density at radius 2 is 2.24 bits per heavy atom. The quantitative estimate of drug-likeness (QED) is 0.916. The van der Waals surface area contributed by atoms with E-state index in [1.807, 2.05) is 11.0 Å². The molecule has 0 aliphatic carbocycles. The van der Waals surface area contributed by atoms with Gasteiger partial charge in [-0.05, 0) is 18.6 Å². The van der Waals surface area contributed by atoms with E-state index in [-0.39, 0.29) is 11.7 Å². The number of nitrogens with zero attached hydrogens (tertiary/aromatic N) is 2. The topological polar surface area (TPSA) is 56.9 Å². The van der Waals surface area contributed by atoms with Crippen molar-refractivity contribution in [3.8, 4) is 5.75 Å². The van der Waals surface area contributed by atoms with Crippen molar-refractivity contribution in [2.24, 2.45) is 0 Å². The maximum atomic E-state index is 11.5. The summed E-state index contributed by atoms with van der Waals surface area (Å²) in [4.78, 5) is 16.0. The molecule has 2 aliphatic heterocycles. The van der Waals surface area contributed by atoms with Gasteiger partial charge in [0.15, 0.2) is 0 Å². The molecule has 5 nitrogen and oxygen atoms in total. The number of carbonyl (C=O) groups excluding carboxylic acids is 1. The zero-order chi connectivity index (χ0) is 14.6. The van der Waals surface area contributed by atoms with E-state index >= 15 is 0 Å². The smallest absolute Gasteiger partial charge is 0.219 e. The summed E-state index contributed by atoms with van der Waals surface area (Å²) in [6.45, 7) is 4.28. The molecule has 2 bridgehead atoms. The lowest BCUT2D eigenvalue weighted by Crippen LogP contribution is -2.47. The molecular formula is C16H18N2O3. The fraction of sp³-hybridized carbons (Fsp3) is 0.438. The van der Waals surface area contributed by atoms with Crippen LogP contribution in [0, 0.1) is 0 Å². The SMILES string of the molecule is CC(=O)N1CC2CC1CN2Cc1coc2cc(O)ccc12. The summed E-state index contributed by atoms with van der Waals surface area (Å²) >= 11 is 0. The van der Waals surface area contributed by atoms with Crippen molar-refractivity contribution in [2.75, 3.05) is 13.1 Å². The van der Waals surface area contributed by atoms with Gasteiger partial charge >= 0.3 is 0 Å². The Morgan fingerprint density at radius 1 is 1.38 bits per heavy atom. The van der Waals surface area contributed by atoms with Crippen LogP contribution in [0.25, 0.3) is 11.0 Å². The zero-order valence-electron chi connectivity index (χ0n) is 12.0. The normalized spacial score (nSPS) is 25.1. The van der Waals surface area contributed by atoms with E-state index < -0.39 is 0 Å². The van der Waals surface area contributed by atoms with Gasteiger partial charge in [-0.3, -0.25) is 9.69 Å². The van der Waals surface area contributed by atoms with Crippen molar-refractivity contribution >= 4 is 16.9 Å². The van der Waals surface area contributed by atoms with Gasteiger partial charge < -0.3 is 14.4 Å². The largest absolute Gasteiger partial charge is 0.508 e. The molecule has 4 rings (SSSR count).